The third-order valence-corrected chi connectivity index (χ3v) is 6.20. The standard InChI is InChI=1S/C27H20Cl2N4O/c1-34-21-6-2-4-18(13-21)19-8-10-25-22(14-19)27(31-15-17-7-9-23(28)24(29)12-17)33-26(32-25)20-5-3-11-30-16-20/h2-14,16H,15H2,1H3,(H,31,32,33). The summed E-state index contributed by atoms with van der Waals surface area (Å²) in [6.07, 6.45) is 3.49. The molecule has 5 nitrogen and oxygen atoms in total. The SMILES string of the molecule is COc1cccc(-c2ccc3nc(-c4cccnc4)nc(NCc4ccc(Cl)c(Cl)c4)c3c2)c1. The lowest BCUT2D eigenvalue weighted by atomic mass is 10.0. The van der Waals surface area contributed by atoms with Gasteiger partial charge in [0.2, 0.25) is 0 Å². The van der Waals surface area contributed by atoms with Gasteiger partial charge in [-0.15, -0.1) is 0 Å². The molecule has 0 spiro atoms. The van der Waals surface area contributed by atoms with E-state index in [4.69, 9.17) is 37.9 Å². The Morgan fingerprint density at radius 2 is 1.68 bits per heavy atom. The largest absolute Gasteiger partial charge is 0.497 e. The van der Waals surface area contributed by atoms with Gasteiger partial charge < -0.3 is 10.1 Å². The molecule has 5 aromatic rings. The first kappa shape index (κ1) is 22.1. The van der Waals surface area contributed by atoms with E-state index in [9.17, 15) is 0 Å². The first-order chi connectivity index (χ1) is 16.6. The summed E-state index contributed by atoms with van der Waals surface area (Å²) in [4.78, 5) is 13.9. The first-order valence-electron chi connectivity index (χ1n) is 10.6. The van der Waals surface area contributed by atoms with Gasteiger partial charge in [-0.2, -0.15) is 0 Å². The number of methoxy groups -OCH3 is 1. The third-order valence-electron chi connectivity index (χ3n) is 5.46. The molecule has 0 bridgehead atoms. The molecule has 2 heterocycles. The Kier molecular flexibility index (Phi) is 6.30. The van der Waals surface area contributed by atoms with Crippen LogP contribution in [0.4, 0.5) is 5.82 Å². The summed E-state index contributed by atoms with van der Waals surface area (Å²) in [5, 5.41) is 5.42. The number of nitrogens with one attached hydrogen (secondary N) is 1. The van der Waals surface area contributed by atoms with Crippen molar-refractivity contribution in [3.05, 3.63) is 101 Å². The molecule has 0 radical (unpaired) electrons. The molecule has 0 unspecified atom stereocenters. The van der Waals surface area contributed by atoms with Crippen LogP contribution < -0.4 is 10.1 Å². The number of pyridine rings is 1. The Labute approximate surface area is 207 Å². The van der Waals surface area contributed by atoms with Crippen LogP contribution in [0.3, 0.4) is 0 Å². The fraction of sp³-hybridized carbons (Fsp3) is 0.0741. The van der Waals surface area contributed by atoms with Gasteiger partial charge in [-0.3, -0.25) is 4.98 Å². The second-order valence-corrected chi connectivity index (χ2v) is 8.52. The number of benzene rings is 3. The lowest BCUT2D eigenvalue weighted by molar-refractivity contribution is 0.415. The summed E-state index contributed by atoms with van der Waals surface area (Å²) in [5.74, 6) is 2.13. The number of ether oxygens (including phenoxy) is 1. The Bertz CT molecular complexity index is 1470. The number of hydrogen-bond donors (Lipinski definition) is 1. The van der Waals surface area contributed by atoms with Gasteiger partial charge in [0.1, 0.15) is 11.6 Å². The van der Waals surface area contributed by atoms with Crippen molar-refractivity contribution in [1.29, 1.82) is 0 Å². The van der Waals surface area contributed by atoms with Crippen LogP contribution in [0.25, 0.3) is 33.4 Å². The van der Waals surface area contributed by atoms with E-state index in [-0.39, 0.29) is 0 Å². The van der Waals surface area contributed by atoms with E-state index in [1.807, 2.05) is 48.5 Å². The lowest BCUT2D eigenvalue weighted by Crippen LogP contribution is -2.04. The highest BCUT2D eigenvalue weighted by atomic mass is 35.5. The summed E-state index contributed by atoms with van der Waals surface area (Å²) >= 11 is 12.3. The fourth-order valence-electron chi connectivity index (χ4n) is 3.70. The molecule has 34 heavy (non-hydrogen) atoms. The smallest absolute Gasteiger partial charge is 0.163 e. The maximum atomic E-state index is 6.21. The molecular formula is C27H20Cl2N4O. The number of halogens is 2. The van der Waals surface area contributed by atoms with E-state index >= 15 is 0 Å². The number of hydrogen-bond acceptors (Lipinski definition) is 5. The van der Waals surface area contributed by atoms with E-state index in [2.05, 4.69) is 28.5 Å². The van der Waals surface area contributed by atoms with Gasteiger partial charge in [-0.25, -0.2) is 9.97 Å². The third kappa shape index (κ3) is 4.67. The topological polar surface area (TPSA) is 59.9 Å². The van der Waals surface area contributed by atoms with E-state index in [0.29, 0.717) is 22.4 Å². The van der Waals surface area contributed by atoms with Gasteiger partial charge in [0.15, 0.2) is 5.82 Å². The summed E-state index contributed by atoms with van der Waals surface area (Å²) < 4.78 is 5.39. The molecule has 1 N–H and O–H groups in total. The summed E-state index contributed by atoms with van der Waals surface area (Å²) in [6, 6.07) is 23.5. The number of rotatable bonds is 6. The minimum absolute atomic E-state index is 0.518. The maximum Gasteiger partial charge on any atom is 0.163 e. The van der Waals surface area contributed by atoms with Crippen molar-refractivity contribution in [2.75, 3.05) is 12.4 Å². The molecule has 5 rings (SSSR count). The van der Waals surface area contributed by atoms with Gasteiger partial charge >= 0.3 is 0 Å². The summed E-state index contributed by atoms with van der Waals surface area (Å²) in [7, 11) is 1.67. The average Bonchev–Trinajstić information content (AvgIpc) is 2.89. The van der Waals surface area contributed by atoms with Crippen LogP contribution in [0.1, 0.15) is 5.56 Å². The van der Waals surface area contributed by atoms with Crippen molar-refractivity contribution in [3.8, 4) is 28.3 Å². The van der Waals surface area contributed by atoms with Crippen LogP contribution in [0.2, 0.25) is 10.0 Å². The molecule has 168 valence electrons. The van der Waals surface area contributed by atoms with Crippen molar-refractivity contribution < 1.29 is 4.74 Å². The van der Waals surface area contributed by atoms with Gasteiger partial charge in [0.25, 0.3) is 0 Å². The zero-order valence-corrected chi connectivity index (χ0v) is 19.8. The quantitative estimate of drug-likeness (QED) is 0.273. The highest BCUT2D eigenvalue weighted by Crippen LogP contribution is 2.31. The van der Waals surface area contributed by atoms with E-state index in [1.54, 1.807) is 25.6 Å². The molecule has 7 heteroatoms. The van der Waals surface area contributed by atoms with Crippen molar-refractivity contribution in [3.63, 3.8) is 0 Å². The predicted molar refractivity (Wildman–Crippen MR) is 139 cm³/mol. The van der Waals surface area contributed by atoms with Crippen LogP contribution in [0, 0.1) is 0 Å². The summed E-state index contributed by atoms with van der Waals surface area (Å²) in [6.45, 7) is 0.527. The summed E-state index contributed by atoms with van der Waals surface area (Å²) in [5.41, 5.74) is 4.76. The monoisotopic (exact) mass is 486 g/mol. The Morgan fingerprint density at radius 3 is 2.47 bits per heavy atom. The number of fused-ring (bicyclic) bond motifs is 1. The van der Waals surface area contributed by atoms with E-state index in [0.717, 1.165) is 44.7 Å². The molecule has 0 saturated heterocycles. The molecule has 0 fully saturated rings. The molecule has 3 aromatic carbocycles. The van der Waals surface area contributed by atoms with Gasteiger partial charge in [0, 0.05) is 29.9 Å². The second-order valence-electron chi connectivity index (χ2n) is 7.70. The normalized spacial score (nSPS) is 10.9. The second kappa shape index (κ2) is 9.67. The van der Waals surface area contributed by atoms with Gasteiger partial charge in [-0.05, 0) is 65.2 Å². The van der Waals surface area contributed by atoms with Crippen molar-refractivity contribution in [1.82, 2.24) is 15.0 Å². The van der Waals surface area contributed by atoms with Crippen LogP contribution in [-0.2, 0) is 6.54 Å². The van der Waals surface area contributed by atoms with Crippen molar-refractivity contribution >= 4 is 39.9 Å². The highest BCUT2D eigenvalue weighted by molar-refractivity contribution is 6.42. The number of aromatic nitrogens is 3. The molecule has 0 aliphatic heterocycles. The minimum atomic E-state index is 0.518. The van der Waals surface area contributed by atoms with Crippen LogP contribution in [0.5, 0.6) is 5.75 Å². The zero-order chi connectivity index (χ0) is 23.5. The Hall–Kier alpha value is -3.67. The molecule has 0 amide bonds. The Morgan fingerprint density at radius 1 is 0.824 bits per heavy atom. The van der Waals surface area contributed by atoms with Crippen molar-refractivity contribution in [2.45, 2.75) is 6.54 Å². The molecule has 0 atom stereocenters. The van der Waals surface area contributed by atoms with Crippen LogP contribution in [-0.4, -0.2) is 22.1 Å². The minimum Gasteiger partial charge on any atom is -0.497 e. The van der Waals surface area contributed by atoms with Gasteiger partial charge in [-0.1, -0.05) is 47.5 Å². The Balaban J connectivity index is 1.59. The number of nitrogens with zero attached hydrogens (tertiary/aromatic N) is 3. The molecule has 0 aliphatic carbocycles. The first-order valence-corrected chi connectivity index (χ1v) is 11.4. The average molecular weight is 487 g/mol. The van der Waals surface area contributed by atoms with Gasteiger partial charge in [0.05, 0.1) is 22.7 Å². The highest BCUT2D eigenvalue weighted by Gasteiger charge is 2.12. The van der Waals surface area contributed by atoms with Crippen LogP contribution in [0.15, 0.2) is 85.2 Å². The van der Waals surface area contributed by atoms with E-state index < -0.39 is 0 Å². The molecule has 0 saturated carbocycles. The fourth-order valence-corrected chi connectivity index (χ4v) is 4.03. The molecule has 2 aromatic heterocycles. The zero-order valence-electron chi connectivity index (χ0n) is 18.3. The lowest BCUT2D eigenvalue weighted by Gasteiger charge is -2.13. The molecular weight excluding hydrogens is 467 g/mol. The molecule has 0 aliphatic rings. The predicted octanol–water partition coefficient (Wildman–Crippen LogP) is 7.29. The van der Waals surface area contributed by atoms with Crippen molar-refractivity contribution in [2.24, 2.45) is 0 Å². The maximum absolute atomic E-state index is 6.21. The van der Waals surface area contributed by atoms with Crippen LogP contribution >= 0.6 is 23.2 Å². The van der Waals surface area contributed by atoms with E-state index in [1.165, 1.54) is 0 Å². The number of anilines is 1.